The molecule has 0 N–H and O–H groups in total. The Labute approximate surface area is 179 Å². The molecular formula is C24H28N2O3S. The van der Waals surface area contributed by atoms with Gasteiger partial charge in [-0.2, -0.15) is 0 Å². The van der Waals surface area contributed by atoms with Crippen LogP contribution in [0.4, 0.5) is 5.69 Å². The van der Waals surface area contributed by atoms with Gasteiger partial charge in [-0.1, -0.05) is 32.0 Å². The van der Waals surface area contributed by atoms with Gasteiger partial charge in [-0.15, -0.1) is 0 Å². The molecule has 0 aliphatic carbocycles. The van der Waals surface area contributed by atoms with Crippen LogP contribution in [0.1, 0.15) is 43.4 Å². The van der Waals surface area contributed by atoms with Gasteiger partial charge in [0.05, 0.1) is 18.0 Å². The molecule has 2 aromatic carbocycles. The lowest BCUT2D eigenvalue weighted by Crippen LogP contribution is -2.31. The van der Waals surface area contributed by atoms with E-state index in [4.69, 9.17) is 4.74 Å². The Balaban J connectivity index is 1.88. The van der Waals surface area contributed by atoms with E-state index >= 15 is 0 Å². The molecule has 158 valence electrons. The molecule has 5 nitrogen and oxygen atoms in total. The van der Waals surface area contributed by atoms with Crippen LogP contribution in [0.5, 0.6) is 11.5 Å². The molecule has 1 aromatic heterocycles. The fraction of sp³-hybridized carbons (Fsp3) is 0.292. The number of rotatable bonds is 8. The third-order valence-electron chi connectivity index (χ3n) is 4.89. The summed E-state index contributed by atoms with van der Waals surface area (Å²) in [5, 5.41) is 0. The van der Waals surface area contributed by atoms with Gasteiger partial charge in [-0.3, -0.25) is 9.29 Å². The molecule has 0 spiro atoms. The van der Waals surface area contributed by atoms with E-state index in [-0.39, 0.29) is 12.3 Å². The van der Waals surface area contributed by atoms with Crippen molar-refractivity contribution in [2.45, 2.75) is 40.2 Å². The number of pyridine rings is 1. The van der Waals surface area contributed by atoms with Crippen LogP contribution in [0.25, 0.3) is 0 Å². The zero-order valence-electron chi connectivity index (χ0n) is 17.9. The first-order valence-electron chi connectivity index (χ1n) is 10.1. The average Bonchev–Trinajstić information content (AvgIpc) is 2.73. The molecule has 0 unspecified atom stereocenters. The molecule has 0 saturated heterocycles. The van der Waals surface area contributed by atoms with Gasteiger partial charge in [0.25, 0.3) is 0 Å². The topological polar surface area (TPSA) is 59.5 Å². The van der Waals surface area contributed by atoms with Crippen molar-refractivity contribution in [1.29, 1.82) is 0 Å². The summed E-state index contributed by atoms with van der Waals surface area (Å²) in [6, 6.07) is 17.1. The van der Waals surface area contributed by atoms with Gasteiger partial charge in [-0.05, 0) is 72.9 Å². The second-order valence-corrected chi connectivity index (χ2v) is 9.74. The molecule has 0 aliphatic heterocycles. The summed E-state index contributed by atoms with van der Waals surface area (Å²) in [5.74, 6) is 1.85. The van der Waals surface area contributed by atoms with Gasteiger partial charge in [0.15, 0.2) is 0 Å². The molecular weight excluding hydrogens is 396 g/mol. The fourth-order valence-electron chi connectivity index (χ4n) is 3.18. The predicted molar refractivity (Wildman–Crippen MR) is 122 cm³/mol. The average molecular weight is 425 g/mol. The van der Waals surface area contributed by atoms with E-state index in [1.165, 1.54) is 4.31 Å². The van der Waals surface area contributed by atoms with E-state index < -0.39 is 10.0 Å². The number of sulfonamides is 1. The number of aromatic nitrogens is 1. The van der Waals surface area contributed by atoms with E-state index in [1.54, 1.807) is 37.5 Å². The van der Waals surface area contributed by atoms with Crippen LogP contribution < -0.4 is 9.04 Å². The number of aryl methyl sites for hydroxylation is 1. The molecule has 30 heavy (non-hydrogen) atoms. The third kappa shape index (κ3) is 5.19. The van der Waals surface area contributed by atoms with Crippen molar-refractivity contribution in [3.05, 3.63) is 83.7 Å². The quantitative estimate of drug-likeness (QED) is 0.468. The summed E-state index contributed by atoms with van der Waals surface area (Å²) in [6.45, 7) is 8.18. The van der Waals surface area contributed by atoms with E-state index in [9.17, 15) is 8.42 Å². The monoisotopic (exact) mass is 424 g/mol. The van der Waals surface area contributed by atoms with Gasteiger partial charge in [0, 0.05) is 12.4 Å². The molecule has 0 amide bonds. The highest BCUT2D eigenvalue weighted by Crippen LogP contribution is 2.33. The predicted octanol–water partition coefficient (Wildman–Crippen LogP) is 5.66. The van der Waals surface area contributed by atoms with Gasteiger partial charge < -0.3 is 4.74 Å². The van der Waals surface area contributed by atoms with E-state index in [2.05, 4.69) is 31.0 Å². The van der Waals surface area contributed by atoms with E-state index in [1.807, 2.05) is 31.2 Å². The highest BCUT2D eigenvalue weighted by Gasteiger charge is 2.21. The van der Waals surface area contributed by atoms with Crippen molar-refractivity contribution in [2.75, 3.05) is 10.1 Å². The van der Waals surface area contributed by atoms with Crippen LogP contribution >= 0.6 is 0 Å². The molecule has 3 rings (SSSR count). The lowest BCUT2D eigenvalue weighted by molar-refractivity contribution is 0.472. The maximum atomic E-state index is 12.7. The lowest BCUT2D eigenvalue weighted by atomic mass is 10.0. The van der Waals surface area contributed by atoms with Crippen LogP contribution in [-0.2, 0) is 16.6 Å². The van der Waals surface area contributed by atoms with Gasteiger partial charge >= 0.3 is 0 Å². The van der Waals surface area contributed by atoms with Crippen LogP contribution in [0, 0.1) is 6.92 Å². The smallest absolute Gasteiger partial charge is 0.235 e. The Hall–Kier alpha value is -2.86. The van der Waals surface area contributed by atoms with E-state index in [0.29, 0.717) is 17.4 Å². The Morgan fingerprint density at radius 3 is 2.40 bits per heavy atom. The molecule has 6 heteroatoms. The number of benzene rings is 2. The number of ether oxygens (including phenoxy) is 1. The standard InChI is InChI=1S/C24H28N2O3S/c1-5-30(27,28)26(17-20-7-6-14-25-16-20)21-9-11-22(12-10-21)29-24-15-19(4)8-13-23(24)18(2)3/h6-16,18H,5,17H2,1-4H3. The lowest BCUT2D eigenvalue weighted by Gasteiger charge is -2.24. The van der Waals surface area contributed by atoms with Crippen molar-refractivity contribution in [1.82, 2.24) is 4.98 Å². The van der Waals surface area contributed by atoms with Gasteiger partial charge in [0.2, 0.25) is 10.0 Å². The molecule has 0 atom stereocenters. The Bertz CT molecular complexity index is 1080. The minimum Gasteiger partial charge on any atom is -0.457 e. The maximum absolute atomic E-state index is 12.7. The Kier molecular flexibility index (Phi) is 6.77. The fourth-order valence-corrected chi connectivity index (χ4v) is 4.28. The van der Waals surface area contributed by atoms with Crippen molar-refractivity contribution in [2.24, 2.45) is 0 Å². The van der Waals surface area contributed by atoms with Crippen LogP contribution in [0.3, 0.4) is 0 Å². The van der Waals surface area contributed by atoms with Crippen molar-refractivity contribution in [3.8, 4) is 11.5 Å². The molecule has 1 heterocycles. The third-order valence-corrected chi connectivity index (χ3v) is 6.63. The largest absolute Gasteiger partial charge is 0.457 e. The first-order valence-corrected chi connectivity index (χ1v) is 11.7. The molecule has 3 aromatic rings. The zero-order valence-corrected chi connectivity index (χ0v) is 18.7. The number of hydrogen-bond donors (Lipinski definition) is 0. The summed E-state index contributed by atoms with van der Waals surface area (Å²) in [5.41, 5.74) is 3.69. The zero-order chi connectivity index (χ0) is 21.7. The second kappa shape index (κ2) is 9.30. The molecule has 0 aliphatic rings. The van der Waals surface area contributed by atoms with Crippen molar-refractivity contribution < 1.29 is 13.2 Å². The van der Waals surface area contributed by atoms with Gasteiger partial charge in [0.1, 0.15) is 11.5 Å². The highest BCUT2D eigenvalue weighted by molar-refractivity contribution is 7.92. The SMILES string of the molecule is CCS(=O)(=O)N(Cc1cccnc1)c1ccc(Oc2cc(C)ccc2C(C)C)cc1. The molecule has 0 radical (unpaired) electrons. The first kappa shape index (κ1) is 21.8. The number of anilines is 1. The normalized spacial score (nSPS) is 11.5. The highest BCUT2D eigenvalue weighted by atomic mass is 32.2. The summed E-state index contributed by atoms with van der Waals surface area (Å²) in [7, 11) is -3.44. The first-order chi connectivity index (χ1) is 14.3. The summed E-state index contributed by atoms with van der Waals surface area (Å²) in [4.78, 5) is 4.09. The minimum absolute atomic E-state index is 0.0204. The van der Waals surface area contributed by atoms with E-state index in [0.717, 1.165) is 22.4 Å². The summed E-state index contributed by atoms with van der Waals surface area (Å²) < 4.78 is 33.0. The molecule has 0 bridgehead atoms. The van der Waals surface area contributed by atoms with Crippen LogP contribution in [-0.4, -0.2) is 19.2 Å². The van der Waals surface area contributed by atoms with Crippen LogP contribution in [0.15, 0.2) is 67.0 Å². The van der Waals surface area contributed by atoms with Crippen LogP contribution in [0.2, 0.25) is 0 Å². The summed E-state index contributed by atoms with van der Waals surface area (Å²) >= 11 is 0. The second-order valence-electron chi connectivity index (χ2n) is 7.56. The maximum Gasteiger partial charge on any atom is 0.235 e. The van der Waals surface area contributed by atoms with Crippen molar-refractivity contribution in [3.63, 3.8) is 0 Å². The Morgan fingerprint density at radius 2 is 1.80 bits per heavy atom. The molecule has 0 fully saturated rings. The molecule has 0 saturated carbocycles. The minimum atomic E-state index is -3.44. The number of hydrogen-bond acceptors (Lipinski definition) is 4. The van der Waals surface area contributed by atoms with Gasteiger partial charge in [-0.25, -0.2) is 8.42 Å². The number of nitrogens with zero attached hydrogens (tertiary/aromatic N) is 2. The Morgan fingerprint density at radius 1 is 1.07 bits per heavy atom. The van der Waals surface area contributed by atoms with Crippen molar-refractivity contribution >= 4 is 15.7 Å². The summed E-state index contributed by atoms with van der Waals surface area (Å²) in [6.07, 6.45) is 3.35.